The first-order valence-corrected chi connectivity index (χ1v) is 23.8. The molecule has 0 rings (SSSR count). The van der Waals surface area contributed by atoms with Gasteiger partial charge in [-0.25, -0.2) is 4.57 Å². The highest BCUT2D eigenvalue weighted by Crippen LogP contribution is 2.43. The fourth-order valence-electron chi connectivity index (χ4n) is 6.14. The van der Waals surface area contributed by atoms with Gasteiger partial charge in [-0.2, -0.15) is 0 Å². The predicted molar refractivity (Wildman–Crippen MR) is 224 cm³/mol. The Labute approximate surface area is 336 Å². The van der Waals surface area contributed by atoms with E-state index in [9.17, 15) is 24.2 Å². The molecule has 3 atom stereocenters. The molecule has 1 unspecified atom stereocenters. The van der Waals surface area contributed by atoms with Gasteiger partial charge >= 0.3 is 19.8 Å². The van der Waals surface area contributed by atoms with Crippen LogP contribution >= 0.6 is 7.82 Å². The van der Waals surface area contributed by atoms with E-state index in [0.717, 1.165) is 51.4 Å². The van der Waals surface area contributed by atoms with E-state index in [2.05, 4.69) is 38.2 Å². The van der Waals surface area contributed by atoms with E-state index in [1.807, 2.05) is 0 Å². The van der Waals surface area contributed by atoms with Crippen LogP contribution in [0, 0.1) is 0 Å². The number of esters is 2. The van der Waals surface area contributed by atoms with Crippen LogP contribution in [0.25, 0.3) is 0 Å². The van der Waals surface area contributed by atoms with Gasteiger partial charge in [0.25, 0.3) is 0 Å². The topological polar surface area (TPSA) is 149 Å². The molecule has 0 heterocycles. The number of aliphatic hydroxyl groups is 2. The quantitative estimate of drug-likeness (QED) is 0.0236. The molecule has 0 bridgehead atoms. The highest BCUT2D eigenvalue weighted by atomic mass is 31.2. The zero-order valence-corrected chi connectivity index (χ0v) is 36.0. The second-order valence-corrected chi connectivity index (χ2v) is 16.5. The van der Waals surface area contributed by atoms with Crippen molar-refractivity contribution in [2.24, 2.45) is 0 Å². The molecule has 0 saturated carbocycles. The lowest BCUT2D eigenvalue weighted by Crippen LogP contribution is -2.29. The molecule has 0 radical (unpaired) electrons. The van der Waals surface area contributed by atoms with Gasteiger partial charge in [0.05, 0.1) is 19.8 Å². The van der Waals surface area contributed by atoms with Gasteiger partial charge in [-0.3, -0.25) is 18.6 Å². The number of phosphoric ester groups is 1. The third kappa shape index (κ3) is 40.4. The molecular weight excluding hydrogens is 719 g/mol. The largest absolute Gasteiger partial charge is 0.472 e. The molecule has 0 amide bonds. The Balaban J connectivity index is 4.27. The monoisotopic (exact) mass is 803 g/mol. The fourth-order valence-corrected chi connectivity index (χ4v) is 6.93. The molecule has 324 valence electrons. The number of ether oxygens (including phenoxy) is 2. The van der Waals surface area contributed by atoms with Crippen LogP contribution in [0.3, 0.4) is 0 Å². The molecule has 0 fully saturated rings. The highest BCUT2D eigenvalue weighted by molar-refractivity contribution is 7.47. The lowest BCUT2D eigenvalue weighted by Gasteiger charge is -2.20. The van der Waals surface area contributed by atoms with Crippen molar-refractivity contribution in [2.75, 3.05) is 26.4 Å². The Bertz CT molecular complexity index is 972. The van der Waals surface area contributed by atoms with Crippen LogP contribution in [0.4, 0.5) is 0 Å². The molecule has 3 N–H and O–H groups in total. The molecule has 55 heavy (non-hydrogen) atoms. The lowest BCUT2D eigenvalue weighted by molar-refractivity contribution is -0.161. The zero-order chi connectivity index (χ0) is 40.5. The van der Waals surface area contributed by atoms with E-state index < -0.39 is 51.8 Å². The maximum atomic E-state index is 12.6. The first-order valence-electron chi connectivity index (χ1n) is 22.3. The number of hydrogen-bond acceptors (Lipinski definition) is 9. The van der Waals surface area contributed by atoms with Crippen molar-refractivity contribution in [1.29, 1.82) is 0 Å². The summed E-state index contributed by atoms with van der Waals surface area (Å²) < 4.78 is 32.7. The van der Waals surface area contributed by atoms with Crippen LogP contribution in [-0.2, 0) is 32.7 Å². The number of phosphoric acid groups is 1. The minimum absolute atomic E-state index is 0.178. The maximum Gasteiger partial charge on any atom is 0.472 e. The molecule has 0 saturated heterocycles. The van der Waals surface area contributed by atoms with E-state index in [4.69, 9.17) is 23.6 Å². The summed E-state index contributed by atoms with van der Waals surface area (Å²) in [4.78, 5) is 35.0. The summed E-state index contributed by atoms with van der Waals surface area (Å²) in [6.07, 6.45) is 39.9. The number of allylic oxidation sites excluding steroid dienone is 4. The van der Waals surface area contributed by atoms with Gasteiger partial charge in [0.2, 0.25) is 0 Å². The van der Waals surface area contributed by atoms with Gasteiger partial charge in [0.1, 0.15) is 12.7 Å². The summed E-state index contributed by atoms with van der Waals surface area (Å²) in [6.45, 7) is 2.37. The SMILES string of the molecule is CCCCC/C=C\C/C=C\CCCCCCCCCC(=O)O[C@H](COC(=O)CCCCCCCCCCCCCCCCC)COP(=O)(O)OC[C@@H](O)CO. The predicted octanol–water partition coefficient (Wildman–Crippen LogP) is 11.8. The number of aliphatic hydroxyl groups excluding tert-OH is 2. The van der Waals surface area contributed by atoms with Gasteiger partial charge in [0, 0.05) is 12.8 Å². The second-order valence-electron chi connectivity index (χ2n) is 15.1. The van der Waals surface area contributed by atoms with Crippen molar-refractivity contribution in [3.8, 4) is 0 Å². The Kier molecular flexibility index (Phi) is 39.5. The van der Waals surface area contributed by atoms with Crippen molar-refractivity contribution in [2.45, 2.75) is 219 Å². The molecule has 0 aromatic heterocycles. The minimum Gasteiger partial charge on any atom is -0.462 e. The molecule has 0 aromatic rings. The zero-order valence-electron chi connectivity index (χ0n) is 35.2. The summed E-state index contributed by atoms with van der Waals surface area (Å²) in [5.41, 5.74) is 0. The fraction of sp³-hybridized carbons (Fsp3) is 0.864. The van der Waals surface area contributed by atoms with E-state index in [-0.39, 0.29) is 19.4 Å². The third-order valence-electron chi connectivity index (χ3n) is 9.61. The summed E-state index contributed by atoms with van der Waals surface area (Å²) in [5.74, 6) is -0.925. The molecule has 0 aliphatic carbocycles. The second kappa shape index (κ2) is 40.6. The number of rotatable bonds is 42. The summed E-state index contributed by atoms with van der Waals surface area (Å²) in [5, 5.41) is 18.3. The van der Waals surface area contributed by atoms with E-state index in [0.29, 0.717) is 12.8 Å². The number of hydrogen-bond donors (Lipinski definition) is 3. The average Bonchev–Trinajstić information content (AvgIpc) is 3.17. The summed E-state index contributed by atoms with van der Waals surface area (Å²) in [7, 11) is -4.62. The smallest absolute Gasteiger partial charge is 0.462 e. The van der Waals surface area contributed by atoms with Gasteiger partial charge in [0.15, 0.2) is 6.10 Å². The van der Waals surface area contributed by atoms with Crippen molar-refractivity contribution in [3.05, 3.63) is 24.3 Å². The number of carbonyl (C=O) groups excluding carboxylic acids is 2. The van der Waals surface area contributed by atoms with Crippen molar-refractivity contribution in [3.63, 3.8) is 0 Å². The third-order valence-corrected chi connectivity index (χ3v) is 10.6. The van der Waals surface area contributed by atoms with Crippen molar-refractivity contribution < 1.29 is 47.8 Å². The van der Waals surface area contributed by atoms with Crippen LogP contribution in [-0.4, -0.2) is 65.7 Å². The standard InChI is InChI=1S/C44H83O10P/c1-3-5-7-9-11-13-15-17-19-20-22-24-26-28-30-32-34-36-44(48)54-42(40-53-55(49,50)52-38-41(46)37-45)39-51-43(47)35-33-31-29-27-25-23-21-18-16-14-12-10-8-6-4-2/h11,13,17,19,41-42,45-46H,3-10,12,14-16,18,20-40H2,1-2H3,(H,49,50)/b13-11-,19-17-/t41-,42+/m0/s1. The van der Waals surface area contributed by atoms with Crippen molar-refractivity contribution >= 4 is 19.8 Å². The highest BCUT2D eigenvalue weighted by Gasteiger charge is 2.27. The van der Waals surface area contributed by atoms with Crippen LogP contribution in [0.15, 0.2) is 24.3 Å². The Morgan fingerprint density at radius 2 is 0.945 bits per heavy atom. The molecule has 0 aromatic carbocycles. The molecular formula is C44H83O10P. The normalized spacial score (nSPS) is 14.1. The summed E-state index contributed by atoms with van der Waals surface area (Å²) >= 11 is 0. The van der Waals surface area contributed by atoms with E-state index in [1.54, 1.807) is 0 Å². The van der Waals surface area contributed by atoms with Gasteiger partial charge in [-0.15, -0.1) is 0 Å². The first kappa shape index (κ1) is 53.5. The maximum absolute atomic E-state index is 12.6. The lowest BCUT2D eigenvalue weighted by atomic mass is 10.0. The first-order chi connectivity index (χ1) is 26.7. The molecule has 0 spiro atoms. The van der Waals surface area contributed by atoms with E-state index in [1.165, 1.54) is 116 Å². The van der Waals surface area contributed by atoms with Gasteiger partial charge < -0.3 is 24.6 Å². The molecule has 10 nitrogen and oxygen atoms in total. The van der Waals surface area contributed by atoms with E-state index >= 15 is 0 Å². The van der Waals surface area contributed by atoms with Crippen LogP contribution < -0.4 is 0 Å². The van der Waals surface area contributed by atoms with Crippen LogP contribution in [0.1, 0.15) is 206 Å². The van der Waals surface area contributed by atoms with Gasteiger partial charge in [-0.05, 0) is 44.9 Å². The van der Waals surface area contributed by atoms with Crippen LogP contribution in [0.2, 0.25) is 0 Å². The van der Waals surface area contributed by atoms with Crippen LogP contribution in [0.5, 0.6) is 0 Å². The Hall–Kier alpha value is -1.55. The molecule has 0 aliphatic heterocycles. The summed E-state index contributed by atoms with van der Waals surface area (Å²) in [6, 6.07) is 0. The minimum atomic E-state index is -4.62. The number of unbranched alkanes of at least 4 members (excludes halogenated alkanes) is 24. The Morgan fingerprint density at radius 1 is 0.545 bits per heavy atom. The van der Waals surface area contributed by atoms with Crippen molar-refractivity contribution in [1.82, 2.24) is 0 Å². The molecule has 11 heteroatoms. The Morgan fingerprint density at radius 3 is 1.44 bits per heavy atom. The molecule has 0 aliphatic rings. The average molecular weight is 803 g/mol. The number of carbonyl (C=O) groups is 2. The van der Waals surface area contributed by atoms with Gasteiger partial charge in [-0.1, -0.05) is 173 Å².